The second-order valence-corrected chi connectivity index (χ2v) is 9.08. The molecule has 0 bridgehead atoms. The van der Waals surface area contributed by atoms with Crippen LogP contribution in [0.4, 0.5) is 13.2 Å². The van der Waals surface area contributed by atoms with Crippen LogP contribution in [-0.2, 0) is 11.2 Å². The molecular weight excluding hydrogens is 473 g/mol. The van der Waals surface area contributed by atoms with E-state index in [0.29, 0.717) is 15.7 Å². The lowest BCUT2D eigenvalue weighted by Crippen LogP contribution is -2.48. The van der Waals surface area contributed by atoms with E-state index >= 15 is 0 Å². The number of aliphatic hydroxyl groups is 1. The van der Waals surface area contributed by atoms with E-state index in [0.717, 1.165) is 11.3 Å². The average molecular weight is 505 g/mol. The molecular formula is C23H32BrF3N2O2. The number of H-pyrrole nitrogens is 1. The second kappa shape index (κ2) is 11.1. The number of hydrogen-bond donors (Lipinski definition) is 3. The van der Waals surface area contributed by atoms with Gasteiger partial charge in [-0.05, 0) is 74.1 Å². The summed E-state index contributed by atoms with van der Waals surface area (Å²) in [5.41, 5.74) is 4.23. The summed E-state index contributed by atoms with van der Waals surface area (Å²) in [5, 5.41) is 10.8. The van der Waals surface area contributed by atoms with Crippen LogP contribution < -0.4 is 5.73 Å². The highest BCUT2D eigenvalue weighted by Crippen LogP contribution is 2.45. The third-order valence-corrected chi connectivity index (χ3v) is 5.60. The number of aromatic amines is 1. The van der Waals surface area contributed by atoms with Gasteiger partial charge < -0.3 is 20.6 Å². The van der Waals surface area contributed by atoms with Crippen molar-refractivity contribution in [1.29, 1.82) is 0 Å². The minimum Gasteiger partial charge on any atom is -0.504 e. The fourth-order valence-corrected chi connectivity index (χ4v) is 3.94. The number of hydrogen-bond acceptors (Lipinski definition) is 3. The lowest BCUT2D eigenvalue weighted by Gasteiger charge is -2.38. The maximum atomic E-state index is 14.0. The van der Waals surface area contributed by atoms with Crippen molar-refractivity contribution < 1.29 is 23.0 Å². The highest BCUT2D eigenvalue weighted by molar-refractivity contribution is 9.11. The Kier molecular flexibility index (Phi) is 9.69. The average Bonchev–Trinajstić information content (AvgIpc) is 2.99. The van der Waals surface area contributed by atoms with Crippen molar-refractivity contribution in [3.63, 3.8) is 0 Å². The molecule has 0 fully saturated rings. The van der Waals surface area contributed by atoms with Crippen molar-refractivity contribution in [2.24, 2.45) is 11.1 Å². The number of nitrogens with two attached hydrogens (primary N) is 1. The summed E-state index contributed by atoms with van der Waals surface area (Å²) in [6.07, 6.45) is 3.95. The monoisotopic (exact) mass is 504 g/mol. The minimum absolute atomic E-state index is 0.0345. The van der Waals surface area contributed by atoms with Gasteiger partial charge in [0.25, 0.3) is 0 Å². The molecule has 1 aromatic rings. The number of allylic oxidation sites excluding steroid dienone is 5. The first-order chi connectivity index (χ1) is 14.3. The van der Waals surface area contributed by atoms with Gasteiger partial charge in [-0.25, -0.2) is 0 Å². The van der Waals surface area contributed by atoms with E-state index in [4.69, 9.17) is 10.5 Å². The van der Waals surface area contributed by atoms with Crippen LogP contribution in [-0.4, -0.2) is 29.0 Å². The van der Waals surface area contributed by atoms with Crippen molar-refractivity contribution in [2.75, 3.05) is 7.11 Å². The highest BCUT2D eigenvalue weighted by atomic mass is 79.9. The SMILES string of the molecule is C\C=C/C(Br)=C\C(=C\OC)C(C)(C)CC(O)(CCc1cc(/C=C\N)c(C)[nH]1)C(F)(F)F. The van der Waals surface area contributed by atoms with Gasteiger partial charge in [0.1, 0.15) is 0 Å². The van der Waals surface area contributed by atoms with Gasteiger partial charge in [0.05, 0.1) is 13.4 Å². The van der Waals surface area contributed by atoms with Crippen molar-refractivity contribution in [2.45, 2.75) is 58.7 Å². The molecule has 8 heteroatoms. The Morgan fingerprint density at radius 3 is 2.48 bits per heavy atom. The van der Waals surface area contributed by atoms with E-state index in [-0.39, 0.29) is 6.42 Å². The number of methoxy groups -OCH3 is 1. The van der Waals surface area contributed by atoms with Gasteiger partial charge in [-0.1, -0.05) is 41.9 Å². The summed E-state index contributed by atoms with van der Waals surface area (Å²) < 4.78 is 47.8. The van der Waals surface area contributed by atoms with Gasteiger partial charge in [0, 0.05) is 15.9 Å². The molecule has 4 N–H and O–H groups in total. The Hall–Kier alpha value is -1.93. The first kappa shape index (κ1) is 27.1. The van der Waals surface area contributed by atoms with Gasteiger partial charge in [0.2, 0.25) is 0 Å². The van der Waals surface area contributed by atoms with Crippen molar-refractivity contribution in [3.8, 4) is 0 Å². The number of alkyl halides is 3. The number of aryl methyl sites for hydroxylation is 2. The molecule has 1 atom stereocenters. The number of aromatic nitrogens is 1. The first-order valence-electron chi connectivity index (χ1n) is 9.89. The van der Waals surface area contributed by atoms with E-state index in [2.05, 4.69) is 20.9 Å². The molecule has 0 aliphatic carbocycles. The molecule has 0 aliphatic rings. The molecule has 0 saturated heterocycles. The molecule has 0 amide bonds. The highest BCUT2D eigenvalue weighted by Gasteiger charge is 2.55. The lowest BCUT2D eigenvalue weighted by molar-refractivity contribution is -0.270. The zero-order valence-electron chi connectivity index (χ0n) is 18.6. The van der Waals surface area contributed by atoms with Gasteiger partial charge in [-0.2, -0.15) is 13.2 Å². The van der Waals surface area contributed by atoms with Crippen molar-refractivity contribution >= 4 is 22.0 Å². The van der Waals surface area contributed by atoms with E-state index in [9.17, 15) is 18.3 Å². The van der Waals surface area contributed by atoms with Gasteiger partial charge in [-0.3, -0.25) is 0 Å². The Balaban J connectivity index is 3.21. The van der Waals surface area contributed by atoms with Crippen LogP contribution >= 0.6 is 15.9 Å². The molecule has 31 heavy (non-hydrogen) atoms. The Bertz CT molecular complexity index is 851. The maximum absolute atomic E-state index is 14.0. The van der Waals surface area contributed by atoms with E-state index in [1.807, 2.05) is 13.8 Å². The molecule has 174 valence electrons. The van der Waals surface area contributed by atoms with Crippen LogP contribution in [0.2, 0.25) is 0 Å². The molecule has 0 spiro atoms. The van der Waals surface area contributed by atoms with E-state index in [1.165, 1.54) is 19.6 Å². The summed E-state index contributed by atoms with van der Waals surface area (Å²) in [5.74, 6) is 0. The number of halogens is 4. The summed E-state index contributed by atoms with van der Waals surface area (Å²) in [6, 6.07) is 1.74. The summed E-state index contributed by atoms with van der Waals surface area (Å²) in [7, 11) is 1.43. The van der Waals surface area contributed by atoms with Gasteiger partial charge >= 0.3 is 6.18 Å². The molecule has 0 radical (unpaired) electrons. The third-order valence-electron chi connectivity index (χ3n) is 5.10. The van der Waals surface area contributed by atoms with Crippen LogP contribution in [0.25, 0.3) is 6.08 Å². The van der Waals surface area contributed by atoms with Crippen molar-refractivity contribution in [1.82, 2.24) is 4.98 Å². The molecule has 1 aromatic heterocycles. The predicted molar refractivity (Wildman–Crippen MR) is 123 cm³/mol. The number of nitrogens with one attached hydrogen (secondary N) is 1. The maximum Gasteiger partial charge on any atom is 0.417 e. The lowest BCUT2D eigenvalue weighted by atomic mass is 9.73. The summed E-state index contributed by atoms with van der Waals surface area (Å²) in [4.78, 5) is 3.06. The van der Waals surface area contributed by atoms with E-state index < -0.39 is 30.0 Å². The largest absolute Gasteiger partial charge is 0.504 e. The first-order valence-corrected chi connectivity index (χ1v) is 10.7. The standard InChI is InChI=1S/C23H32BrF3N2O2/c1-6-7-19(24)13-18(14-31-5)21(3,4)15-22(30,23(25,26)27)10-8-20-12-17(9-11-28)16(2)29-20/h6-7,9,11-14,29-30H,8,10,15,28H2,1-5H3/b7-6-,11-9-,18-14-,19-13+. The van der Waals surface area contributed by atoms with Crippen LogP contribution in [0, 0.1) is 12.3 Å². The van der Waals surface area contributed by atoms with Crippen molar-refractivity contribution in [3.05, 3.63) is 63.8 Å². The molecule has 4 nitrogen and oxygen atoms in total. The fourth-order valence-electron chi connectivity index (χ4n) is 3.43. The fraction of sp³-hybridized carbons (Fsp3) is 0.478. The van der Waals surface area contributed by atoms with Crippen LogP contribution in [0.15, 0.2) is 46.8 Å². The minimum atomic E-state index is -4.80. The molecule has 1 heterocycles. The Morgan fingerprint density at radius 1 is 1.32 bits per heavy atom. The molecule has 0 aliphatic heterocycles. The normalized spacial score (nSPS) is 16.3. The molecule has 1 unspecified atom stereocenters. The van der Waals surface area contributed by atoms with Crippen LogP contribution in [0.1, 0.15) is 50.6 Å². The Morgan fingerprint density at radius 2 is 1.97 bits per heavy atom. The smallest absolute Gasteiger partial charge is 0.417 e. The number of rotatable bonds is 10. The quantitative estimate of drug-likeness (QED) is 0.259. The third kappa shape index (κ3) is 7.61. The molecule has 0 saturated carbocycles. The van der Waals surface area contributed by atoms with Crippen LogP contribution in [0.5, 0.6) is 0 Å². The Labute approximate surface area is 190 Å². The molecule has 1 rings (SSSR count). The second-order valence-electron chi connectivity index (χ2n) is 8.16. The zero-order valence-corrected chi connectivity index (χ0v) is 20.2. The van der Waals surface area contributed by atoms with Gasteiger partial charge in [0.15, 0.2) is 5.60 Å². The molecule has 0 aromatic carbocycles. The predicted octanol–water partition coefficient (Wildman–Crippen LogP) is 6.28. The van der Waals surface area contributed by atoms with Crippen LogP contribution in [0.3, 0.4) is 0 Å². The van der Waals surface area contributed by atoms with E-state index in [1.54, 1.807) is 44.2 Å². The topological polar surface area (TPSA) is 71.3 Å². The van der Waals surface area contributed by atoms with Gasteiger partial charge in [-0.15, -0.1) is 0 Å². The summed E-state index contributed by atoms with van der Waals surface area (Å²) in [6.45, 7) is 6.96. The zero-order chi connectivity index (χ0) is 23.9. The number of ether oxygens (including phenoxy) is 1. The summed E-state index contributed by atoms with van der Waals surface area (Å²) >= 11 is 3.38.